The molecule has 4 aromatic rings. The number of aliphatic hydroxyl groups excluding tert-OH is 1. The molecule has 0 spiro atoms. The Kier molecular flexibility index (Phi) is 5.26. The molecule has 0 amide bonds. The molecule has 2 aromatic carbocycles. The molecule has 168 valence electrons. The van der Waals surface area contributed by atoms with Crippen molar-refractivity contribution < 1.29 is 13.9 Å². The van der Waals surface area contributed by atoms with E-state index in [1.807, 2.05) is 25.1 Å². The van der Waals surface area contributed by atoms with E-state index in [1.54, 1.807) is 10.7 Å². The predicted octanol–water partition coefficient (Wildman–Crippen LogP) is 3.38. The van der Waals surface area contributed by atoms with Gasteiger partial charge in [0.05, 0.1) is 17.4 Å². The molecule has 1 aliphatic heterocycles. The number of fused-ring (bicyclic) bond motifs is 1. The van der Waals surface area contributed by atoms with Crippen LogP contribution in [0.15, 0.2) is 59.5 Å². The number of nitrogens with zero attached hydrogens (tertiary/aromatic N) is 4. The second kappa shape index (κ2) is 8.25. The van der Waals surface area contributed by atoms with Crippen LogP contribution >= 0.6 is 0 Å². The minimum atomic E-state index is -0.758. The lowest BCUT2D eigenvalue weighted by atomic mass is 10.0. The first-order chi connectivity index (χ1) is 16.0. The van der Waals surface area contributed by atoms with E-state index in [2.05, 4.69) is 15.5 Å². The summed E-state index contributed by atoms with van der Waals surface area (Å²) in [6.07, 6.45) is 1.54. The Balaban J connectivity index is 1.69. The Morgan fingerprint density at radius 2 is 2.00 bits per heavy atom. The summed E-state index contributed by atoms with van der Waals surface area (Å²) < 4.78 is 31.2. The molecule has 0 radical (unpaired) electrons. The molecule has 33 heavy (non-hydrogen) atoms. The van der Waals surface area contributed by atoms with Crippen molar-refractivity contribution in [3.63, 3.8) is 0 Å². The maximum absolute atomic E-state index is 14.7. The number of aromatic nitrogens is 4. The van der Waals surface area contributed by atoms with E-state index < -0.39 is 11.6 Å². The van der Waals surface area contributed by atoms with Crippen LogP contribution in [0.5, 0.6) is 0 Å². The van der Waals surface area contributed by atoms with Gasteiger partial charge in [0.2, 0.25) is 0 Å². The van der Waals surface area contributed by atoms with Crippen LogP contribution in [-0.2, 0) is 6.54 Å². The molecule has 0 aliphatic carbocycles. The van der Waals surface area contributed by atoms with E-state index in [4.69, 9.17) is 0 Å². The third-order valence-corrected chi connectivity index (χ3v) is 5.82. The van der Waals surface area contributed by atoms with Crippen LogP contribution in [-0.4, -0.2) is 37.8 Å². The molecule has 2 aromatic heterocycles. The lowest BCUT2D eigenvalue weighted by Gasteiger charge is -2.24. The van der Waals surface area contributed by atoms with E-state index in [-0.39, 0.29) is 29.3 Å². The molecule has 1 aliphatic rings. The molecule has 2 N–H and O–H groups in total. The monoisotopic (exact) mass is 449 g/mol. The van der Waals surface area contributed by atoms with E-state index in [0.29, 0.717) is 35.7 Å². The Morgan fingerprint density at radius 1 is 1.18 bits per heavy atom. The normalized spacial score (nSPS) is 15.2. The lowest BCUT2D eigenvalue weighted by molar-refractivity contribution is 0.209. The van der Waals surface area contributed by atoms with Crippen molar-refractivity contribution in [2.75, 3.05) is 18.5 Å². The first kappa shape index (κ1) is 21.0. The van der Waals surface area contributed by atoms with Gasteiger partial charge in [-0.3, -0.25) is 4.79 Å². The largest absolute Gasteiger partial charge is 0.396 e. The molecule has 0 saturated carbocycles. The van der Waals surface area contributed by atoms with Crippen molar-refractivity contribution in [3.05, 3.63) is 82.3 Å². The van der Waals surface area contributed by atoms with Crippen molar-refractivity contribution in [1.29, 1.82) is 0 Å². The van der Waals surface area contributed by atoms with Crippen LogP contribution in [0.1, 0.15) is 5.56 Å². The number of benzene rings is 2. The number of hydrogen-bond acceptors (Lipinski definition) is 5. The van der Waals surface area contributed by atoms with Crippen LogP contribution in [0.3, 0.4) is 0 Å². The number of anilines is 1. The third-order valence-electron chi connectivity index (χ3n) is 5.82. The van der Waals surface area contributed by atoms with Gasteiger partial charge in [0.25, 0.3) is 5.56 Å². The van der Waals surface area contributed by atoms with Gasteiger partial charge >= 0.3 is 0 Å². The summed E-state index contributed by atoms with van der Waals surface area (Å²) in [5, 5.41) is 21.7. The average Bonchev–Trinajstić information content (AvgIpc) is 3.18. The van der Waals surface area contributed by atoms with Crippen molar-refractivity contribution in [2.24, 2.45) is 5.92 Å². The second-order valence-corrected chi connectivity index (χ2v) is 8.09. The number of rotatable bonds is 4. The highest BCUT2D eigenvalue weighted by atomic mass is 19.1. The van der Waals surface area contributed by atoms with Gasteiger partial charge in [-0.1, -0.05) is 18.2 Å². The van der Waals surface area contributed by atoms with Gasteiger partial charge in [0, 0.05) is 48.9 Å². The van der Waals surface area contributed by atoms with Gasteiger partial charge in [-0.2, -0.15) is 14.9 Å². The highest BCUT2D eigenvalue weighted by Crippen LogP contribution is 2.39. The lowest BCUT2D eigenvalue weighted by Crippen LogP contribution is -2.30. The molecule has 3 heterocycles. The van der Waals surface area contributed by atoms with Crippen LogP contribution in [0.4, 0.5) is 14.6 Å². The highest BCUT2D eigenvalue weighted by Gasteiger charge is 2.28. The molecule has 0 fully saturated rings. The Bertz CT molecular complexity index is 1410. The zero-order valence-corrected chi connectivity index (χ0v) is 17.8. The number of para-hydroxylation sites is 1. The Morgan fingerprint density at radius 3 is 2.73 bits per heavy atom. The van der Waals surface area contributed by atoms with Crippen molar-refractivity contribution >= 4 is 5.82 Å². The summed E-state index contributed by atoms with van der Waals surface area (Å²) in [6, 6.07) is 12.1. The number of halogens is 2. The average molecular weight is 449 g/mol. The van der Waals surface area contributed by atoms with Gasteiger partial charge in [-0.15, -0.1) is 0 Å². The second-order valence-electron chi connectivity index (χ2n) is 8.09. The minimum absolute atomic E-state index is 0.0318. The number of aryl methyl sites for hydroxylation is 1. The highest BCUT2D eigenvalue weighted by molar-refractivity contribution is 5.89. The minimum Gasteiger partial charge on any atom is -0.396 e. The molecular formula is C24H21F2N5O2. The fourth-order valence-corrected chi connectivity index (χ4v) is 4.12. The van der Waals surface area contributed by atoms with Gasteiger partial charge in [0.1, 0.15) is 23.1 Å². The standard InChI is InChI=1S/C24H21F2N5O2/c1-14-4-2-3-5-20(14)31-21(33)8-16(11-28-31)22-23(18-7-6-17(25)9-19(18)26)29-30-12-15(13-32)10-27-24(22)30/h2-9,11,15,27,32H,10,12-13H2,1H3. The molecule has 7 nitrogen and oxygen atoms in total. The molecule has 0 bridgehead atoms. The Hall–Kier alpha value is -3.85. The maximum atomic E-state index is 14.7. The zero-order chi connectivity index (χ0) is 23.1. The van der Waals surface area contributed by atoms with Gasteiger partial charge in [-0.25, -0.2) is 13.5 Å². The summed E-state index contributed by atoms with van der Waals surface area (Å²) in [5.74, 6) is -0.925. The van der Waals surface area contributed by atoms with Gasteiger partial charge < -0.3 is 10.4 Å². The fourth-order valence-electron chi connectivity index (χ4n) is 4.12. The van der Waals surface area contributed by atoms with Crippen molar-refractivity contribution in [2.45, 2.75) is 13.5 Å². The molecule has 0 saturated heterocycles. The summed E-state index contributed by atoms with van der Waals surface area (Å²) in [4.78, 5) is 13.0. The van der Waals surface area contributed by atoms with Crippen molar-refractivity contribution in [3.8, 4) is 28.1 Å². The van der Waals surface area contributed by atoms with E-state index in [9.17, 15) is 18.7 Å². The summed E-state index contributed by atoms with van der Waals surface area (Å²) in [5.41, 5.74) is 2.55. The SMILES string of the molecule is Cc1ccccc1-n1ncc(-c2c(-c3ccc(F)cc3F)nn3c2NCC(CO)C3)cc1=O. The van der Waals surface area contributed by atoms with Crippen LogP contribution in [0.25, 0.3) is 28.1 Å². The molecule has 9 heteroatoms. The van der Waals surface area contributed by atoms with E-state index >= 15 is 0 Å². The van der Waals surface area contributed by atoms with E-state index in [0.717, 1.165) is 11.6 Å². The van der Waals surface area contributed by atoms with Gasteiger partial charge in [-0.05, 0) is 30.7 Å². The maximum Gasteiger partial charge on any atom is 0.272 e. The zero-order valence-electron chi connectivity index (χ0n) is 17.8. The molecule has 1 atom stereocenters. The molecule has 5 rings (SSSR count). The quantitative estimate of drug-likeness (QED) is 0.499. The number of aliphatic hydroxyl groups is 1. The fraction of sp³-hybridized carbons (Fsp3) is 0.208. The topological polar surface area (TPSA) is 85.0 Å². The van der Waals surface area contributed by atoms with Gasteiger partial charge in [0.15, 0.2) is 0 Å². The van der Waals surface area contributed by atoms with Crippen LogP contribution in [0, 0.1) is 24.5 Å². The number of nitrogens with one attached hydrogen (secondary N) is 1. The first-order valence-electron chi connectivity index (χ1n) is 10.5. The van der Waals surface area contributed by atoms with Crippen molar-refractivity contribution in [1.82, 2.24) is 19.6 Å². The smallest absolute Gasteiger partial charge is 0.272 e. The van der Waals surface area contributed by atoms with Crippen LogP contribution < -0.4 is 10.9 Å². The Labute approximate surface area is 187 Å². The summed E-state index contributed by atoms with van der Waals surface area (Å²) in [6.45, 7) is 2.77. The predicted molar refractivity (Wildman–Crippen MR) is 120 cm³/mol. The number of hydrogen-bond donors (Lipinski definition) is 2. The summed E-state index contributed by atoms with van der Waals surface area (Å²) >= 11 is 0. The molecule has 1 unspecified atom stereocenters. The first-order valence-corrected chi connectivity index (χ1v) is 10.5. The third kappa shape index (κ3) is 3.70. The summed E-state index contributed by atoms with van der Waals surface area (Å²) in [7, 11) is 0. The van der Waals surface area contributed by atoms with E-state index in [1.165, 1.54) is 29.1 Å². The van der Waals surface area contributed by atoms with Crippen LogP contribution in [0.2, 0.25) is 0 Å². The molecular weight excluding hydrogens is 428 g/mol.